The fraction of sp³-hybridized carbons (Fsp3) is 0.333. The fourth-order valence-corrected chi connectivity index (χ4v) is 1.92. The third-order valence-corrected chi connectivity index (χ3v) is 2.98. The lowest BCUT2D eigenvalue weighted by Gasteiger charge is -2.12. The maximum Gasteiger partial charge on any atom is 0.131 e. The number of hydrogen-bond acceptors (Lipinski definition) is 6. The van der Waals surface area contributed by atoms with Crippen LogP contribution < -0.4 is 20.1 Å². The van der Waals surface area contributed by atoms with Crippen molar-refractivity contribution in [1.82, 2.24) is 9.97 Å². The highest BCUT2D eigenvalue weighted by molar-refractivity contribution is 5.48. The van der Waals surface area contributed by atoms with Gasteiger partial charge in [-0.1, -0.05) is 0 Å². The lowest BCUT2D eigenvalue weighted by atomic mass is 10.2. The molecule has 6 heteroatoms. The van der Waals surface area contributed by atoms with Crippen LogP contribution in [0, 0.1) is 0 Å². The van der Waals surface area contributed by atoms with Crippen LogP contribution in [0.1, 0.15) is 12.5 Å². The standard InChI is InChI=1S/C15H20N4O2/c1-4-16-14-8-15(19-10-18-14)17-9-11-5-6-12(20-2)7-13(11)21-3/h5-8,10H,4,9H2,1-3H3,(H2,16,17,18,19). The van der Waals surface area contributed by atoms with E-state index in [1.807, 2.05) is 31.2 Å². The summed E-state index contributed by atoms with van der Waals surface area (Å²) >= 11 is 0. The molecular weight excluding hydrogens is 268 g/mol. The molecule has 0 aliphatic heterocycles. The Morgan fingerprint density at radius 2 is 1.76 bits per heavy atom. The Hall–Kier alpha value is -2.50. The number of aromatic nitrogens is 2. The number of hydrogen-bond donors (Lipinski definition) is 2. The summed E-state index contributed by atoms with van der Waals surface area (Å²) < 4.78 is 10.6. The lowest BCUT2D eigenvalue weighted by Crippen LogP contribution is -2.05. The van der Waals surface area contributed by atoms with Crippen molar-refractivity contribution in [1.29, 1.82) is 0 Å². The van der Waals surface area contributed by atoms with Gasteiger partial charge in [0.1, 0.15) is 29.5 Å². The van der Waals surface area contributed by atoms with E-state index < -0.39 is 0 Å². The van der Waals surface area contributed by atoms with Gasteiger partial charge in [-0.2, -0.15) is 0 Å². The van der Waals surface area contributed by atoms with Crippen LogP contribution in [0.3, 0.4) is 0 Å². The summed E-state index contributed by atoms with van der Waals surface area (Å²) in [7, 11) is 3.28. The molecule has 0 unspecified atom stereocenters. The van der Waals surface area contributed by atoms with Crippen molar-refractivity contribution in [3.05, 3.63) is 36.2 Å². The zero-order valence-electron chi connectivity index (χ0n) is 12.5. The quantitative estimate of drug-likeness (QED) is 0.816. The van der Waals surface area contributed by atoms with Gasteiger partial charge in [-0.3, -0.25) is 0 Å². The highest BCUT2D eigenvalue weighted by Gasteiger charge is 2.05. The van der Waals surface area contributed by atoms with Crippen molar-refractivity contribution in [2.24, 2.45) is 0 Å². The molecule has 1 heterocycles. The largest absolute Gasteiger partial charge is 0.497 e. The summed E-state index contributed by atoms with van der Waals surface area (Å²) in [5.41, 5.74) is 1.03. The monoisotopic (exact) mass is 288 g/mol. The molecule has 1 aromatic heterocycles. The van der Waals surface area contributed by atoms with Crippen molar-refractivity contribution >= 4 is 11.6 Å². The third-order valence-electron chi connectivity index (χ3n) is 2.98. The van der Waals surface area contributed by atoms with E-state index >= 15 is 0 Å². The van der Waals surface area contributed by atoms with Gasteiger partial charge in [-0.05, 0) is 19.1 Å². The van der Waals surface area contributed by atoms with Crippen molar-refractivity contribution in [3.63, 3.8) is 0 Å². The van der Waals surface area contributed by atoms with Crippen molar-refractivity contribution in [2.45, 2.75) is 13.5 Å². The zero-order chi connectivity index (χ0) is 15.1. The zero-order valence-corrected chi connectivity index (χ0v) is 12.5. The molecule has 0 bridgehead atoms. The summed E-state index contributed by atoms with van der Waals surface area (Å²) in [6.07, 6.45) is 1.53. The molecule has 2 aromatic rings. The van der Waals surface area contributed by atoms with Crippen LogP contribution in [0.4, 0.5) is 11.6 Å². The maximum absolute atomic E-state index is 5.37. The topological polar surface area (TPSA) is 68.3 Å². The first-order valence-corrected chi connectivity index (χ1v) is 6.77. The molecule has 0 amide bonds. The average molecular weight is 288 g/mol. The van der Waals surface area contributed by atoms with E-state index in [1.54, 1.807) is 14.2 Å². The summed E-state index contributed by atoms with van der Waals surface area (Å²) in [5.74, 6) is 3.12. The van der Waals surface area contributed by atoms with Crippen LogP contribution in [-0.4, -0.2) is 30.7 Å². The number of benzene rings is 1. The molecule has 0 atom stereocenters. The molecule has 2 N–H and O–H groups in total. The molecule has 0 fully saturated rings. The van der Waals surface area contributed by atoms with E-state index in [0.717, 1.165) is 35.2 Å². The fourth-order valence-electron chi connectivity index (χ4n) is 1.92. The second-order valence-electron chi connectivity index (χ2n) is 4.35. The van der Waals surface area contributed by atoms with Gasteiger partial charge in [-0.15, -0.1) is 0 Å². The Morgan fingerprint density at radius 3 is 2.43 bits per heavy atom. The lowest BCUT2D eigenvalue weighted by molar-refractivity contribution is 0.391. The summed E-state index contributed by atoms with van der Waals surface area (Å²) in [4.78, 5) is 8.34. The first-order valence-electron chi connectivity index (χ1n) is 6.77. The number of nitrogens with zero attached hydrogens (tertiary/aromatic N) is 2. The van der Waals surface area contributed by atoms with E-state index in [0.29, 0.717) is 6.54 Å². The first kappa shape index (κ1) is 14.9. The molecule has 112 valence electrons. The first-order chi connectivity index (χ1) is 10.3. The van der Waals surface area contributed by atoms with Gasteiger partial charge in [-0.25, -0.2) is 9.97 Å². The SMILES string of the molecule is CCNc1cc(NCc2ccc(OC)cc2OC)ncn1. The number of ether oxygens (including phenoxy) is 2. The number of anilines is 2. The molecule has 6 nitrogen and oxygen atoms in total. The molecule has 2 rings (SSSR count). The van der Waals surface area contributed by atoms with Crippen LogP contribution >= 0.6 is 0 Å². The van der Waals surface area contributed by atoms with Gasteiger partial charge >= 0.3 is 0 Å². The molecule has 0 saturated carbocycles. The molecular formula is C15H20N4O2. The molecule has 0 aliphatic carbocycles. The summed E-state index contributed by atoms with van der Waals surface area (Å²) in [6.45, 7) is 3.45. The van der Waals surface area contributed by atoms with E-state index in [4.69, 9.17) is 9.47 Å². The average Bonchev–Trinajstić information content (AvgIpc) is 2.53. The summed E-state index contributed by atoms with van der Waals surface area (Å²) in [6, 6.07) is 7.61. The molecule has 0 spiro atoms. The molecule has 21 heavy (non-hydrogen) atoms. The number of rotatable bonds is 7. The van der Waals surface area contributed by atoms with Gasteiger partial charge in [0, 0.05) is 30.8 Å². The number of nitrogens with one attached hydrogen (secondary N) is 2. The highest BCUT2D eigenvalue weighted by Crippen LogP contribution is 2.25. The van der Waals surface area contributed by atoms with Gasteiger partial charge in [0.15, 0.2) is 0 Å². The predicted octanol–water partition coefficient (Wildman–Crippen LogP) is 2.54. The Kier molecular flexibility index (Phi) is 5.20. The van der Waals surface area contributed by atoms with E-state index in [1.165, 1.54) is 6.33 Å². The molecule has 0 saturated heterocycles. The third kappa shape index (κ3) is 3.98. The van der Waals surface area contributed by atoms with E-state index in [9.17, 15) is 0 Å². The van der Waals surface area contributed by atoms with E-state index in [2.05, 4.69) is 20.6 Å². The van der Waals surface area contributed by atoms with Crippen molar-refractivity contribution < 1.29 is 9.47 Å². The van der Waals surface area contributed by atoms with Crippen LogP contribution in [0.25, 0.3) is 0 Å². The molecule has 0 radical (unpaired) electrons. The Balaban J connectivity index is 2.07. The van der Waals surface area contributed by atoms with Crippen LogP contribution in [0.15, 0.2) is 30.6 Å². The van der Waals surface area contributed by atoms with Crippen molar-refractivity contribution in [2.75, 3.05) is 31.4 Å². The smallest absolute Gasteiger partial charge is 0.131 e. The highest BCUT2D eigenvalue weighted by atomic mass is 16.5. The minimum atomic E-state index is 0.607. The second kappa shape index (κ2) is 7.33. The van der Waals surface area contributed by atoms with Gasteiger partial charge < -0.3 is 20.1 Å². The maximum atomic E-state index is 5.37. The minimum Gasteiger partial charge on any atom is -0.497 e. The van der Waals surface area contributed by atoms with Crippen LogP contribution in [-0.2, 0) is 6.54 Å². The summed E-state index contributed by atoms with van der Waals surface area (Å²) in [5, 5.41) is 6.41. The Morgan fingerprint density at radius 1 is 1.00 bits per heavy atom. The minimum absolute atomic E-state index is 0.607. The van der Waals surface area contributed by atoms with Crippen LogP contribution in [0.5, 0.6) is 11.5 Å². The van der Waals surface area contributed by atoms with Gasteiger partial charge in [0.25, 0.3) is 0 Å². The van der Waals surface area contributed by atoms with E-state index in [-0.39, 0.29) is 0 Å². The number of methoxy groups -OCH3 is 2. The normalized spacial score (nSPS) is 10.0. The molecule has 0 aliphatic rings. The van der Waals surface area contributed by atoms with Gasteiger partial charge in [0.05, 0.1) is 14.2 Å². The van der Waals surface area contributed by atoms with Gasteiger partial charge in [0.2, 0.25) is 0 Å². The van der Waals surface area contributed by atoms with Crippen molar-refractivity contribution in [3.8, 4) is 11.5 Å². The predicted molar refractivity (Wildman–Crippen MR) is 83.1 cm³/mol. The van der Waals surface area contributed by atoms with Crippen LogP contribution in [0.2, 0.25) is 0 Å². The second-order valence-corrected chi connectivity index (χ2v) is 4.35. The Labute approximate surface area is 124 Å². The Bertz CT molecular complexity index is 590. The molecule has 1 aromatic carbocycles.